The van der Waals surface area contributed by atoms with Gasteiger partial charge in [-0.1, -0.05) is 39.7 Å². The Morgan fingerprint density at radius 2 is 1.93 bits per heavy atom. The van der Waals surface area contributed by atoms with Crippen LogP contribution >= 0.6 is 38.9 Å². The van der Waals surface area contributed by atoms with Gasteiger partial charge in [0.15, 0.2) is 10.6 Å². The van der Waals surface area contributed by atoms with Crippen LogP contribution in [-0.4, -0.2) is 10.9 Å². The Kier molecular flexibility index (Phi) is 4.12. The van der Waals surface area contributed by atoms with E-state index in [9.17, 15) is 9.59 Å². The molecule has 0 N–H and O–H groups in total. The second-order valence-corrected chi connectivity index (χ2v) is 8.48. The quantitative estimate of drug-likeness (QED) is 0.390. The van der Waals surface area contributed by atoms with Crippen LogP contribution in [0.5, 0.6) is 0 Å². The van der Waals surface area contributed by atoms with E-state index in [0.717, 1.165) is 10.0 Å². The van der Waals surface area contributed by atoms with Gasteiger partial charge in [-0.05, 0) is 35.9 Å². The zero-order chi connectivity index (χ0) is 19.4. The molecule has 0 saturated heterocycles. The summed E-state index contributed by atoms with van der Waals surface area (Å²) in [6.45, 7) is 0. The van der Waals surface area contributed by atoms with E-state index in [-0.39, 0.29) is 17.1 Å². The monoisotopic (exact) mass is 472 g/mol. The first-order valence-corrected chi connectivity index (χ1v) is 10.3. The standard InChI is InChI=1S/C20H10BrClN2O3S/c21-11-3-1-10(2-4-11)16-15-17(25)13-9-12(22)5-6-14(13)27-18(15)19(26)24(16)20-23-7-8-28-20/h1-9,16H/t16-/m0/s1. The normalized spacial score (nSPS) is 16.0. The second-order valence-electron chi connectivity index (χ2n) is 6.26. The van der Waals surface area contributed by atoms with Crippen LogP contribution in [0.25, 0.3) is 11.0 Å². The zero-order valence-electron chi connectivity index (χ0n) is 14.1. The molecular weight excluding hydrogens is 464 g/mol. The van der Waals surface area contributed by atoms with Crippen molar-refractivity contribution in [1.29, 1.82) is 0 Å². The van der Waals surface area contributed by atoms with Crippen molar-refractivity contribution >= 4 is 60.9 Å². The van der Waals surface area contributed by atoms with Gasteiger partial charge in [-0.3, -0.25) is 14.5 Å². The third-order valence-corrected chi connectivity index (χ3v) is 6.18. The molecule has 1 aliphatic heterocycles. The summed E-state index contributed by atoms with van der Waals surface area (Å²) < 4.78 is 6.78. The van der Waals surface area contributed by atoms with Crippen LogP contribution in [-0.2, 0) is 0 Å². The van der Waals surface area contributed by atoms with E-state index in [0.29, 0.717) is 26.7 Å². The molecule has 2 aromatic heterocycles. The van der Waals surface area contributed by atoms with Crippen LogP contribution in [0.2, 0.25) is 5.02 Å². The van der Waals surface area contributed by atoms with Crippen LogP contribution in [0.4, 0.5) is 5.13 Å². The van der Waals surface area contributed by atoms with Gasteiger partial charge < -0.3 is 4.42 Å². The molecule has 2 aromatic carbocycles. The predicted molar refractivity (Wildman–Crippen MR) is 112 cm³/mol. The number of amides is 1. The number of halogens is 2. The Hall–Kier alpha value is -2.48. The number of carbonyl (C=O) groups is 1. The van der Waals surface area contributed by atoms with Crippen molar-refractivity contribution in [3.63, 3.8) is 0 Å². The Labute approximate surface area is 176 Å². The van der Waals surface area contributed by atoms with E-state index in [2.05, 4.69) is 20.9 Å². The lowest BCUT2D eigenvalue weighted by molar-refractivity contribution is 0.0971. The molecule has 138 valence electrons. The fourth-order valence-corrected chi connectivity index (χ4v) is 4.54. The maximum atomic E-state index is 13.4. The summed E-state index contributed by atoms with van der Waals surface area (Å²) in [6, 6.07) is 11.7. The summed E-state index contributed by atoms with van der Waals surface area (Å²) in [7, 11) is 0. The number of anilines is 1. The summed E-state index contributed by atoms with van der Waals surface area (Å²) in [5, 5.41) is 3.07. The van der Waals surface area contributed by atoms with Gasteiger partial charge in [0, 0.05) is 21.1 Å². The van der Waals surface area contributed by atoms with Crippen LogP contribution in [0.1, 0.15) is 27.7 Å². The lowest BCUT2D eigenvalue weighted by atomic mass is 9.99. The number of hydrogen-bond donors (Lipinski definition) is 0. The fourth-order valence-electron chi connectivity index (χ4n) is 3.44. The SMILES string of the molecule is O=C1c2oc3ccc(Cl)cc3c(=O)c2[C@H](c2ccc(Br)cc2)N1c1nccs1. The molecular formula is C20H10BrClN2O3S. The number of nitrogens with zero attached hydrogens (tertiary/aromatic N) is 2. The average molecular weight is 474 g/mol. The van der Waals surface area contributed by atoms with E-state index in [1.807, 2.05) is 24.3 Å². The molecule has 0 aliphatic carbocycles. The van der Waals surface area contributed by atoms with Crippen molar-refractivity contribution in [3.05, 3.63) is 90.6 Å². The lowest BCUT2D eigenvalue weighted by Gasteiger charge is -2.22. The summed E-state index contributed by atoms with van der Waals surface area (Å²) in [5.41, 5.74) is 1.16. The average Bonchev–Trinajstić information content (AvgIpc) is 3.30. The minimum Gasteiger partial charge on any atom is -0.450 e. The van der Waals surface area contributed by atoms with Crippen molar-refractivity contribution in [2.45, 2.75) is 6.04 Å². The van der Waals surface area contributed by atoms with E-state index < -0.39 is 6.04 Å². The molecule has 0 unspecified atom stereocenters. The van der Waals surface area contributed by atoms with E-state index in [1.165, 1.54) is 16.2 Å². The van der Waals surface area contributed by atoms with Gasteiger partial charge in [0.2, 0.25) is 5.76 Å². The van der Waals surface area contributed by atoms with Crippen molar-refractivity contribution < 1.29 is 9.21 Å². The topological polar surface area (TPSA) is 63.4 Å². The molecule has 4 aromatic rings. The van der Waals surface area contributed by atoms with Crippen LogP contribution in [0, 0.1) is 0 Å². The number of benzene rings is 2. The number of thiazole rings is 1. The molecule has 28 heavy (non-hydrogen) atoms. The molecule has 1 amide bonds. The Morgan fingerprint density at radius 1 is 1.14 bits per heavy atom. The van der Waals surface area contributed by atoms with Gasteiger partial charge in [-0.15, -0.1) is 11.3 Å². The molecule has 5 nitrogen and oxygen atoms in total. The molecule has 8 heteroatoms. The van der Waals surface area contributed by atoms with Crippen LogP contribution in [0.3, 0.4) is 0 Å². The maximum absolute atomic E-state index is 13.4. The molecule has 1 atom stereocenters. The summed E-state index contributed by atoms with van der Waals surface area (Å²) >= 11 is 10.8. The van der Waals surface area contributed by atoms with Crippen molar-refractivity contribution in [3.8, 4) is 0 Å². The molecule has 0 saturated carbocycles. The van der Waals surface area contributed by atoms with E-state index >= 15 is 0 Å². The minimum absolute atomic E-state index is 0.0444. The lowest BCUT2D eigenvalue weighted by Crippen LogP contribution is -2.29. The highest BCUT2D eigenvalue weighted by molar-refractivity contribution is 9.10. The number of hydrogen-bond acceptors (Lipinski definition) is 5. The highest BCUT2D eigenvalue weighted by Gasteiger charge is 2.44. The van der Waals surface area contributed by atoms with E-state index in [4.69, 9.17) is 16.0 Å². The number of carbonyl (C=O) groups excluding carboxylic acids is 1. The predicted octanol–water partition coefficient (Wildman–Crippen LogP) is 5.42. The van der Waals surface area contributed by atoms with E-state index in [1.54, 1.807) is 29.8 Å². The van der Waals surface area contributed by atoms with Crippen LogP contribution in [0.15, 0.2) is 67.7 Å². The first-order valence-electron chi connectivity index (χ1n) is 8.29. The molecule has 0 spiro atoms. The zero-order valence-corrected chi connectivity index (χ0v) is 17.2. The summed E-state index contributed by atoms with van der Waals surface area (Å²) in [5.74, 6) is -0.338. The van der Waals surface area contributed by atoms with Gasteiger partial charge in [0.05, 0.1) is 17.0 Å². The van der Waals surface area contributed by atoms with Gasteiger partial charge in [-0.2, -0.15) is 0 Å². The minimum atomic E-state index is -0.624. The van der Waals surface area contributed by atoms with Crippen LogP contribution < -0.4 is 10.3 Å². The Balaban J connectivity index is 1.83. The number of fused-ring (bicyclic) bond motifs is 2. The maximum Gasteiger partial charge on any atom is 0.297 e. The molecule has 0 bridgehead atoms. The Bertz CT molecular complexity index is 1290. The molecule has 1 aliphatic rings. The summed E-state index contributed by atoms with van der Waals surface area (Å²) in [6.07, 6.45) is 1.63. The molecule has 3 heterocycles. The van der Waals surface area contributed by atoms with Crippen molar-refractivity contribution in [2.75, 3.05) is 4.90 Å². The number of aromatic nitrogens is 1. The largest absolute Gasteiger partial charge is 0.450 e. The highest BCUT2D eigenvalue weighted by Crippen LogP contribution is 2.42. The first-order chi connectivity index (χ1) is 13.5. The molecule has 5 rings (SSSR count). The van der Waals surface area contributed by atoms with Gasteiger partial charge in [0.1, 0.15) is 5.58 Å². The second kappa shape index (κ2) is 6.55. The van der Waals surface area contributed by atoms with Gasteiger partial charge >= 0.3 is 0 Å². The Morgan fingerprint density at radius 3 is 2.64 bits per heavy atom. The molecule has 0 radical (unpaired) electrons. The molecule has 0 fully saturated rings. The fraction of sp³-hybridized carbons (Fsp3) is 0.0500. The number of rotatable bonds is 2. The van der Waals surface area contributed by atoms with Gasteiger partial charge in [0.25, 0.3) is 5.91 Å². The smallest absolute Gasteiger partial charge is 0.297 e. The summed E-state index contributed by atoms with van der Waals surface area (Å²) in [4.78, 5) is 32.4. The van der Waals surface area contributed by atoms with Gasteiger partial charge in [-0.25, -0.2) is 4.98 Å². The van der Waals surface area contributed by atoms with Crippen molar-refractivity contribution in [1.82, 2.24) is 4.98 Å². The van der Waals surface area contributed by atoms with Crippen molar-refractivity contribution in [2.24, 2.45) is 0 Å². The first kappa shape index (κ1) is 17.6. The third kappa shape index (κ3) is 2.62. The third-order valence-electron chi connectivity index (χ3n) is 4.64. The highest BCUT2D eigenvalue weighted by atomic mass is 79.9.